The van der Waals surface area contributed by atoms with Crippen molar-refractivity contribution in [3.8, 4) is 0 Å². The molecule has 0 unspecified atom stereocenters. The smallest absolute Gasteiger partial charge is 0.135 e. The Kier molecular flexibility index (Phi) is 1.89. The summed E-state index contributed by atoms with van der Waals surface area (Å²) >= 11 is 0. The monoisotopic (exact) mass is 199 g/mol. The van der Waals surface area contributed by atoms with Gasteiger partial charge < -0.3 is 10.2 Å². The lowest BCUT2D eigenvalue weighted by Gasteiger charge is -1.94. The minimum atomic E-state index is -0.00387. The molecule has 2 heteroatoms. The van der Waals surface area contributed by atoms with Gasteiger partial charge in [0.1, 0.15) is 11.2 Å². The van der Waals surface area contributed by atoms with E-state index in [0.29, 0.717) is 0 Å². The van der Waals surface area contributed by atoms with Crippen molar-refractivity contribution in [1.82, 2.24) is 0 Å². The van der Waals surface area contributed by atoms with E-state index in [4.69, 9.17) is 10.2 Å². The third-order valence-electron chi connectivity index (χ3n) is 2.84. The minimum Gasteiger partial charge on any atom is -0.456 e. The Labute approximate surface area is 88.1 Å². The molecule has 15 heavy (non-hydrogen) atoms. The summed E-state index contributed by atoms with van der Waals surface area (Å²) in [5.74, 6) is 0.929. The van der Waals surface area contributed by atoms with Gasteiger partial charge in [-0.05, 0) is 25.0 Å². The highest BCUT2D eigenvalue weighted by molar-refractivity contribution is 5.67. The van der Waals surface area contributed by atoms with Crippen molar-refractivity contribution in [2.45, 2.75) is 18.9 Å². The van der Waals surface area contributed by atoms with Crippen LogP contribution >= 0.6 is 0 Å². The number of hydrogen-bond donors (Lipinski definition) is 1. The van der Waals surface area contributed by atoms with Gasteiger partial charge >= 0.3 is 0 Å². The first-order valence-electron chi connectivity index (χ1n) is 5.30. The Morgan fingerprint density at radius 2 is 1.93 bits per heavy atom. The second kappa shape index (κ2) is 3.24. The fourth-order valence-electron chi connectivity index (χ4n) is 2.06. The predicted octanol–water partition coefficient (Wildman–Crippen LogP) is 1.00. The van der Waals surface area contributed by atoms with Crippen LogP contribution in [-0.4, -0.2) is 6.04 Å². The van der Waals surface area contributed by atoms with E-state index in [1.807, 2.05) is 18.2 Å². The second-order valence-corrected chi connectivity index (χ2v) is 3.94. The SMILES string of the molecule is N[C@@H]1C=Cc2oc3c(c2C=C1)=CCCC=3. The lowest BCUT2D eigenvalue weighted by molar-refractivity contribution is 0.518. The van der Waals surface area contributed by atoms with Crippen molar-refractivity contribution in [3.63, 3.8) is 0 Å². The van der Waals surface area contributed by atoms with Crippen LogP contribution in [0.4, 0.5) is 0 Å². The molecule has 0 radical (unpaired) electrons. The van der Waals surface area contributed by atoms with Crippen LogP contribution in [0.2, 0.25) is 0 Å². The van der Waals surface area contributed by atoms with Gasteiger partial charge in [-0.2, -0.15) is 0 Å². The Balaban J connectivity index is 2.32. The molecule has 0 spiro atoms. The van der Waals surface area contributed by atoms with Crippen LogP contribution in [0.15, 0.2) is 16.6 Å². The molecule has 2 nitrogen and oxygen atoms in total. The molecule has 1 atom stereocenters. The van der Waals surface area contributed by atoms with Crippen molar-refractivity contribution in [2.24, 2.45) is 5.73 Å². The van der Waals surface area contributed by atoms with Crippen LogP contribution in [0.1, 0.15) is 24.2 Å². The number of nitrogens with two attached hydrogens (primary N) is 1. The number of furan rings is 1. The van der Waals surface area contributed by atoms with E-state index in [1.54, 1.807) is 0 Å². The third-order valence-corrected chi connectivity index (χ3v) is 2.84. The van der Waals surface area contributed by atoms with Gasteiger partial charge in [-0.15, -0.1) is 0 Å². The molecule has 0 aromatic carbocycles. The van der Waals surface area contributed by atoms with Gasteiger partial charge in [0.05, 0.1) is 0 Å². The normalized spacial score (nSPS) is 22.3. The summed E-state index contributed by atoms with van der Waals surface area (Å²) in [5.41, 5.74) is 8.00. The molecule has 0 saturated heterocycles. The average molecular weight is 199 g/mol. The van der Waals surface area contributed by atoms with Crippen molar-refractivity contribution < 1.29 is 4.42 Å². The minimum absolute atomic E-state index is 0.00387. The molecule has 0 fully saturated rings. The summed E-state index contributed by atoms with van der Waals surface area (Å²) in [6.07, 6.45) is 14.6. The van der Waals surface area contributed by atoms with E-state index in [0.717, 1.165) is 24.0 Å². The zero-order valence-electron chi connectivity index (χ0n) is 8.44. The molecular formula is C13H13NO. The predicted molar refractivity (Wildman–Crippen MR) is 62.2 cm³/mol. The molecule has 76 valence electrons. The first kappa shape index (κ1) is 8.74. The second-order valence-electron chi connectivity index (χ2n) is 3.94. The molecule has 0 aliphatic heterocycles. The first-order valence-corrected chi connectivity index (χ1v) is 5.30. The van der Waals surface area contributed by atoms with Crippen molar-refractivity contribution in [1.29, 1.82) is 0 Å². The van der Waals surface area contributed by atoms with Crippen LogP contribution in [-0.2, 0) is 0 Å². The standard InChI is InChI=1S/C13H13NO/c14-9-5-7-11-10-3-1-2-4-12(10)15-13(11)8-6-9/h3-9H,1-2,14H2/t9-/m0/s1. The maximum absolute atomic E-state index is 5.82. The van der Waals surface area contributed by atoms with Gasteiger partial charge in [-0.1, -0.05) is 24.3 Å². The highest BCUT2D eigenvalue weighted by atomic mass is 16.3. The quantitative estimate of drug-likeness (QED) is 0.677. The molecular weight excluding hydrogens is 186 g/mol. The molecule has 2 aliphatic carbocycles. The van der Waals surface area contributed by atoms with Crippen LogP contribution in [0.25, 0.3) is 24.3 Å². The fraction of sp³-hybridized carbons (Fsp3) is 0.231. The Hall–Kier alpha value is -1.54. The molecule has 1 aromatic heterocycles. The van der Waals surface area contributed by atoms with E-state index >= 15 is 0 Å². The summed E-state index contributed by atoms with van der Waals surface area (Å²) in [5, 5.41) is 1.23. The van der Waals surface area contributed by atoms with E-state index in [9.17, 15) is 0 Å². The molecule has 1 aromatic rings. The van der Waals surface area contributed by atoms with Crippen LogP contribution in [0.5, 0.6) is 0 Å². The molecule has 0 amide bonds. The summed E-state index contributed by atoms with van der Waals surface area (Å²) in [7, 11) is 0. The molecule has 1 heterocycles. The molecule has 0 bridgehead atoms. The highest BCUT2D eigenvalue weighted by Crippen LogP contribution is 2.13. The summed E-state index contributed by atoms with van der Waals surface area (Å²) in [4.78, 5) is 0. The van der Waals surface area contributed by atoms with E-state index in [-0.39, 0.29) is 6.04 Å². The molecule has 2 aliphatic rings. The van der Waals surface area contributed by atoms with Gasteiger partial charge in [0, 0.05) is 16.8 Å². The number of rotatable bonds is 0. The van der Waals surface area contributed by atoms with E-state index in [2.05, 4.69) is 18.2 Å². The van der Waals surface area contributed by atoms with Gasteiger partial charge in [0.15, 0.2) is 0 Å². The number of hydrogen-bond acceptors (Lipinski definition) is 2. The zero-order chi connectivity index (χ0) is 10.3. The van der Waals surface area contributed by atoms with E-state index in [1.165, 1.54) is 10.8 Å². The highest BCUT2D eigenvalue weighted by Gasteiger charge is 2.10. The molecule has 3 rings (SSSR count). The van der Waals surface area contributed by atoms with E-state index < -0.39 is 0 Å². The third kappa shape index (κ3) is 1.38. The Morgan fingerprint density at radius 1 is 1.13 bits per heavy atom. The average Bonchev–Trinajstić information content (AvgIpc) is 2.51. The van der Waals surface area contributed by atoms with Crippen molar-refractivity contribution >= 4 is 24.3 Å². The number of fused-ring (bicyclic) bond motifs is 3. The topological polar surface area (TPSA) is 39.2 Å². The van der Waals surface area contributed by atoms with Crippen LogP contribution in [0.3, 0.4) is 0 Å². The fourth-order valence-corrected chi connectivity index (χ4v) is 2.06. The largest absolute Gasteiger partial charge is 0.456 e. The summed E-state index contributed by atoms with van der Waals surface area (Å²) < 4.78 is 5.78. The maximum Gasteiger partial charge on any atom is 0.135 e. The van der Waals surface area contributed by atoms with Gasteiger partial charge in [-0.3, -0.25) is 0 Å². The summed E-state index contributed by atoms with van der Waals surface area (Å²) in [6, 6.07) is -0.00387. The van der Waals surface area contributed by atoms with Gasteiger partial charge in [0.25, 0.3) is 0 Å². The van der Waals surface area contributed by atoms with Crippen molar-refractivity contribution in [3.05, 3.63) is 34.1 Å². The van der Waals surface area contributed by atoms with Crippen LogP contribution < -0.4 is 16.4 Å². The lowest BCUT2D eigenvalue weighted by atomic mass is 10.1. The maximum atomic E-state index is 5.82. The van der Waals surface area contributed by atoms with Crippen LogP contribution in [0, 0.1) is 0 Å². The summed E-state index contributed by atoms with van der Waals surface area (Å²) in [6.45, 7) is 0. The molecule has 2 N–H and O–H groups in total. The first-order chi connectivity index (χ1) is 7.34. The Bertz CT molecular complexity index is 560. The Morgan fingerprint density at radius 3 is 2.87 bits per heavy atom. The van der Waals surface area contributed by atoms with Gasteiger partial charge in [0.2, 0.25) is 0 Å². The zero-order valence-corrected chi connectivity index (χ0v) is 8.44. The van der Waals surface area contributed by atoms with Crippen molar-refractivity contribution in [2.75, 3.05) is 0 Å². The lowest BCUT2D eigenvalue weighted by Crippen LogP contribution is -2.23. The van der Waals surface area contributed by atoms with Gasteiger partial charge in [-0.25, -0.2) is 0 Å². The molecule has 0 saturated carbocycles.